The number of halogens is 3. The van der Waals surface area contributed by atoms with E-state index in [4.69, 9.17) is 0 Å². The standard InChI is InChI=1S/C22H26F3N3O2/c1-2-10-28(13-15-6-7-15)14-18-8-9-19(21(30)27-18)20(29)26-12-16-4-3-5-17(11-16)22(23,24)25/h3-5,8-9,11,15H,2,6-7,10,12-14H2,1H3,(H,26,29)(H,27,30). The first-order valence-electron chi connectivity index (χ1n) is 10.1. The van der Waals surface area contributed by atoms with Crippen molar-refractivity contribution in [2.75, 3.05) is 13.1 Å². The second kappa shape index (κ2) is 9.47. The van der Waals surface area contributed by atoms with Crippen LogP contribution in [0.4, 0.5) is 13.2 Å². The van der Waals surface area contributed by atoms with Crippen LogP contribution in [-0.4, -0.2) is 28.9 Å². The van der Waals surface area contributed by atoms with Crippen molar-refractivity contribution in [1.82, 2.24) is 15.2 Å². The minimum Gasteiger partial charge on any atom is -0.348 e. The lowest BCUT2D eigenvalue weighted by atomic mass is 10.1. The summed E-state index contributed by atoms with van der Waals surface area (Å²) in [5.41, 5.74) is -0.295. The molecule has 1 saturated carbocycles. The Morgan fingerprint density at radius 1 is 1.23 bits per heavy atom. The molecule has 1 fully saturated rings. The Balaban J connectivity index is 1.61. The Labute approximate surface area is 173 Å². The van der Waals surface area contributed by atoms with Gasteiger partial charge in [-0.05, 0) is 61.6 Å². The third kappa shape index (κ3) is 6.19. The van der Waals surface area contributed by atoms with Gasteiger partial charge in [0, 0.05) is 25.3 Å². The summed E-state index contributed by atoms with van der Waals surface area (Å²) in [5, 5.41) is 2.51. The smallest absolute Gasteiger partial charge is 0.348 e. The molecule has 0 spiro atoms. The first kappa shape index (κ1) is 22.1. The van der Waals surface area contributed by atoms with E-state index in [1.165, 1.54) is 31.0 Å². The van der Waals surface area contributed by atoms with Crippen molar-refractivity contribution in [3.63, 3.8) is 0 Å². The van der Waals surface area contributed by atoms with Gasteiger partial charge in [-0.25, -0.2) is 0 Å². The van der Waals surface area contributed by atoms with Crippen LogP contribution >= 0.6 is 0 Å². The Morgan fingerprint density at radius 2 is 2.00 bits per heavy atom. The number of aromatic nitrogens is 1. The summed E-state index contributed by atoms with van der Waals surface area (Å²) in [6.07, 6.45) is -0.922. The third-order valence-electron chi connectivity index (χ3n) is 5.07. The van der Waals surface area contributed by atoms with E-state index in [2.05, 4.69) is 22.1 Å². The summed E-state index contributed by atoms with van der Waals surface area (Å²) in [6, 6.07) is 7.92. The first-order chi connectivity index (χ1) is 14.3. The molecule has 0 unspecified atom stereocenters. The van der Waals surface area contributed by atoms with Gasteiger partial charge in [-0.15, -0.1) is 0 Å². The number of carbonyl (C=O) groups is 1. The highest BCUT2D eigenvalue weighted by Crippen LogP contribution is 2.30. The second-order valence-electron chi connectivity index (χ2n) is 7.79. The molecule has 0 atom stereocenters. The number of nitrogens with one attached hydrogen (secondary N) is 2. The number of H-pyrrole nitrogens is 1. The Hall–Kier alpha value is -2.61. The molecule has 1 aliphatic carbocycles. The number of amides is 1. The molecule has 5 nitrogen and oxygen atoms in total. The van der Waals surface area contributed by atoms with Gasteiger partial charge in [0.15, 0.2) is 0 Å². The molecule has 2 aromatic rings. The summed E-state index contributed by atoms with van der Waals surface area (Å²) in [5.74, 6) is 0.118. The van der Waals surface area contributed by atoms with Crippen LogP contribution in [-0.2, 0) is 19.3 Å². The molecular formula is C22H26F3N3O2. The van der Waals surface area contributed by atoms with Gasteiger partial charge >= 0.3 is 6.18 Å². The van der Waals surface area contributed by atoms with Crippen LogP contribution in [0.2, 0.25) is 0 Å². The van der Waals surface area contributed by atoms with Crippen LogP contribution in [0.25, 0.3) is 0 Å². The van der Waals surface area contributed by atoms with E-state index in [1.54, 1.807) is 6.07 Å². The van der Waals surface area contributed by atoms with Gasteiger partial charge in [0.05, 0.1) is 5.56 Å². The van der Waals surface area contributed by atoms with E-state index in [1.807, 2.05) is 0 Å². The van der Waals surface area contributed by atoms with Gasteiger partial charge in [0.25, 0.3) is 11.5 Å². The number of rotatable bonds is 9. The maximum Gasteiger partial charge on any atom is 0.416 e. The fraction of sp³-hybridized carbons (Fsp3) is 0.455. The van der Waals surface area contributed by atoms with Gasteiger partial charge in [-0.1, -0.05) is 19.1 Å². The molecule has 1 aromatic heterocycles. The van der Waals surface area contributed by atoms with E-state index >= 15 is 0 Å². The molecule has 1 heterocycles. The molecule has 0 radical (unpaired) electrons. The van der Waals surface area contributed by atoms with Crippen molar-refractivity contribution in [1.29, 1.82) is 0 Å². The highest BCUT2D eigenvalue weighted by Gasteiger charge is 2.30. The van der Waals surface area contributed by atoms with Crippen molar-refractivity contribution < 1.29 is 18.0 Å². The first-order valence-corrected chi connectivity index (χ1v) is 10.1. The normalized spacial score (nSPS) is 14.2. The number of alkyl halides is 3. The molecule has 1 aliphatic rings. The lowest BCUT2D eigenvalue weighted by molar-refractivity contribution is -0.137. The highest BCUT2D eigenvalue weighted by atomic mass is 19.4. The van der Waals surface area contributed by atoms with Crippen molar-refractivity contribution in [3.05, 3.63) is 69.1 Å². The minimum absolute atomic E-state index is 0.0602. The third-order valence-corrected chi connectivity index (χ3v) is 5.07. The predicted molar refractivity (Wildman–Crippen MR) is 108 cm³/mol. The molecule has 0 bridgehead atoms. The molecule has 8 heteroatoms. The summed E-state index contributed by atoms with van der Waals surface area (Å²) < 4.78 is 38.4. The summed E-state index contributed by atoms with van der Waals surface area (Å²) in [6.45, 7) is 4.58. The average Bonchev–Trinajstić information content (AvgIpc) is 3.50. The van der Waals surface area contributed by atoms with Gasteiger partial charge in [0.1, 0.15) is 5.56 Å². The zero-order valence-corrected chi connectivity index (χ0v) is 16.9. The van der Waals surface area contributed by atoms with Gasteiger partial charge < -0.3 is 10.3 Å². The Morgan fingerprint density at radius 3 is 2.63 bits per heavy atom. The zero-order chi connectivity index (χ0) is 21.7. The van der Waals surface area contributed by atoms with E-state index in [9.17, 15) is 22.8 Å². The molecule has 2 N–H and O–H groups in total. The number of pyridine rings is 1. The van der Waals surface area contributed by atoms with E-state index in [-0.39, 0.29) is 12.1 Å². The van der Waals surface area contributed by atoms with Gasteiger partial charge in [-0.2, -0.15) is 13.2 Å². The zero-order valence-electron chi connectivity index (χ0n) is 16.9. The topological polar surface area (TPSA) is 65.2 Å². The Kier molecular flexibility index (Phi) is 6.97. The lowest BCUT2D eigenvalue weighted by Crippen LogP contribution is -2.31. The largest absolute Gasteiger partial charge is 0.416 e. The molecule has 0 aliphatic heterocycles. The molecular weight excluding hydrogens is 395 g/mol. The highest BCUT2D eigenvalue weighted by molar-refractivity contribution is 5.93. The van der Waals surface area contributed by atoms with Crippen LogP contribution in [0.5, 0.6) is 0 Å². The van der Waals surface area contributed by atoms with Gasteiger partial charge in [0.2, 0.25) is 0 Å². The van der Waals surface area contributed by atoms with Crippen molar-refractivity contribution in [2.45, 2.75) is 45.5 Å². The lowest BCUT2D eigenvalue weighted by Gasteiger charge is -2.21. The average molecular weight is 421 g/mol. The summed E-state index contributed by atoms with van der Waals surface area (Å²) in [4.78, 5) is 29.8. The van der Waals surface area contributed by atoms with Crippen molar-refractivity contribution in [2.24, 2.45) is 5.92 Å². The van der Waals surface area contributed by atoms with Crippen LogP contribution in [0.1, 0.15) is 53.4 Å². The number of benzene rings is 1. The van der Waals surface area contributed by atoms with Crippen LogP contribution < -0.4 is 10.9 Å². The molecule has 1 amide bonds. The molecule has 162 valence electrons. The van der Waals surface area contributed by atoms with Gasteiger partial charge in [-0.3, -0.25) is 14.5 Å². The van der Waals surface area contributed by atoms with E-state index in [0.29, 0.717) is 12.1 Å². The number of carbonyl (C=O) groups excluding carboxylic acids is 1. The monoisotopic (exact) mass is 421 g/mol. The Bertz CT molecular complexity index is 936. The van der Waals surface area contributed by atoms with Crippen LogP contribution in [0.3, 0.4) is 0 Å². The number of hydrogen-bond acceptors (Lipinski definition) is 3. The molecule has 0 saturated heterocycles. The van der Waals surface area contributed by atoms with Crippen molar-refractivity contribution >= 4 is 5.91 Å². The molecule has 3 rings (SSSR count). The maximum absolute atomic E-state index is 12.8. The minimum atomic E-state index is -4.45. The summed E-state index contributed by atoms with van der Waals surface area (Å²) >= 11 is 0. The summed E-state index contributed by atoms with van der Waals surface area (Å²) in [7, 11) is 0. The van der Waals surface area contributed by atoms with Crippen LogP contribution in [0, 0.1) is 5.92 Å². The fourth-order valence-electron chi connectivity index (χ4n) is 3.38. The fourth-order valence-corrected chi connectivity index (χ4v) is 3.38. The number of hydrogen-bond donors (Lipinski definition) is 2. The van der Waals surface area contributed by atoms with E-state index in [0.717, 1.165) is 43.3 Å². The predicted octanol–water partition coefficient (Wildman–Crippen LogP) is 3.95. The quantitative estimate of drug-likeness (QED) is 0.645. The van der Waals surface area contributed by atoms with Crippen LogP contribution in [0.15, 0.2) is 41.2 Å². The second-order valence-corrected chi connectivity index (χ2v) is 7.79. The maximum atomic E-state index is 12.8. The SMILES string of the molecule is CCCN(Cc1ccc(C(=O)NCc2cccc(C(F)(F)F)c2)c(=O)[nH]1)CC1CC1. The van der Waals surface area contributed by atoms with Crippen molar-refractivity contribution in [3.8, 4) is 0 Å². The molecule has 1 aromatic carbocycles. The number of aromatic amines is 1. The number of nitrogens with zero attached hydrogens (tertiary/aromatic N) is 1. The molecule has 30 heavy (non-hydrogen) atoms. The van der Waals surface area contributed by atoms with E-state index < -0.39 is 23.2 Å².